The second-order valence-corrected chi connectivity index (χ2v) is 14.2. The number of hydrogen-bond donors (Lipinski definition) is 2. The zero-order valence-corrected chi connectivity index (χ0v) is 27.1. The van der Waals surface area contributed by atoms with E-state index in [2.05, 4.69) is 10.2 Å². The van der Waals surface area contributed by atoms with Crippen LogP contribution in [0.25, 0.3) is 0 Å². The van der Waals surface area contributed by atoms with Gasteiger partial charge in [-0.15, -0.1) is 0 Å². The summed E-state index contributed by atoms with van der Waals surface area (Å²) in [5.74, 6) is -1.24. The Labute approximate surface area is 265 Å². The summed E-state index contributed by atoms with van der Waals surface area (Å²) < 4.78 is 15.3. The van der Waals surface area contributed by atoms with Gasteiger partial charge < -0.3 is 20.2 Å². The molecular weight excluding hydrogens is 575 g/mol. The minimum Gasteiger partial charge on any atom is -0.465 e. The van der Waals surface area contributed by atoms with Crippen molar-refractivity contribution < 1.29 is 23.9 Å². The zero-order chi connectivity index (χ0) is 32.3. The van der Waals surface area contributed by atoms with E-state index in [0.29, 0.717) is 19.6 Å². The molecule has 3 heterocycles. The van der Waals surface area contributed by atoms with Gasteiger partial charge in [0.25, 0.3) is 0 Å². The molecular formula is C34H49FN6O4. The smallest absolute Gasteiger partial charge is 0.407 e. The van der Waals surface area contributed by atoms with Crippen molar-refractivity contribution in [2.45, 2.75) is 103 Å². The molecule has 4 atom stereocenters. The van der Waals surface area contributed by atoms with Crippen molar-refractivity contribution in [3.8, 4) is 0 Å². The maximum absolute atomic E-state index is 14.7. The zero-order valence-electron chi connectivity index (χ0n) is 27.1. The van der Waals surface area contributed by atoms with Crippen molar-refractivity contribution in [3.05, 3.63) is 53.6 Å². The Bertz CT molecular complexity index is 1330. The number of fused-ring (bicyclic) bond motifs is 1. The first-order valence-electron chi connectivity index (χ1n) is 16.5. The number of hydrogen-bond acceptors (Lipinski definition) is 5. The van der Waals surface area contributed by atoms with Crippen LogP contribution in [0.5, 0.6) is 0 Å². The molecule has 11 heteroatoms. The first-order chi connectivity index (χ1) is 21.4. The summed E-state index contributed by atoms with van der Waals surface area (Å²) in [5.41, 5.74) is 1.08. The molecule has 2 saturated heterocycles. The van der Waals surface area contributed by atoms with Crippen molar-refractivity contribution in [2.24, 2.45) is 11.8 Å². The summed E-state index contributed by atoms with van der Waals surface area (Å²) in [4.78, 5) is 46.0. The number of halogens is 1. The summed E-state index contributed by atoms with van der Waals surface area (Å²) in [5, 5.41) is 17.8. The molecule has 246 valence electrons. The fraction of sp³-hybridized carbons (Fsp3) is 0.647. The Morgan fingerprint density at radius 1 is 1.04 bits per heavy atom. The third-order valence-electron chi connectivity index (χ3n) is 9.86. The average molecular weight is 625 g/mol. The summed E-state index contributed by atoms with van der Waals surface area (Å²) >= 11 is 0. The summed E-state index contributed by atoms with van der Waals surface area (Å²) in [6.45, 7) is 9.96. The van der Waals surface area contributed by atoms with Crippen LogP contribution in [0.2, 0.25) is 0 Å². The lowest BCUT2D eigenvalue weighted by Gasteiger charge is -2.45. The molecule has 0 radical (unpaired) electrons. The fourth-order valence-corrected chi connectivity index (χ4v) is 7.25. The summed E-state index contributed by atoms with van der Waals surface area (Å²) in [7, 11) is 0. The molecule has 10 nitrogen and oxygen atoms in total. The standard InChI is InChI=1S/C34H49FN6O4/c1-23(19-41(33(44)45)34(2,3)4)31(42)36-30(25-9-6-5-7-10-25)32(43)40-21-27-11-8-17-38(27)22-29(40)28-16-18-39(37-28)20-24-12-14-26(35)15-13-24/h12-16,18,23,25,27,29-30H,5-11,17,19-22H2,1-4H3,(H,36,42)(H,44,45)/t23-,27+,29-,30-/m0/s1. The van der Waals surface area contributed by atoms with Gasteiger partial charge in [-0.25, -0.2) is 9.18 Å². The van der Waals surface area contributed by atoms with Crippen LogP contribution in [-0.2, 0) is 16.1 Å². The quantitative estimate of drug-likeness (QED) is 0.411. The van der Waals surface area contributed by atoms with Gasteiger partial charge in [0.15, 0.2) is 0 Å². The molecule has 0 unspecified atom stereocenters. The van der Waals surface area contributed by atoms with E-state index in [9.17, 15) is 23.9 Å². The molecule has 2 aliphatic heterocycles. The number of carbonyl (C=O) groups excluding carboxylic acids is 2. The van der Waals surface area contributed by atoms with Crippen molar-refractivity contribution >= 4 is 17.9 Å². The number of nitrogens with zero attached hydrogens (tertiary/aromatic N) is 5. The Balaban J connectivity index is 1.38. The normalized spacial score (nSPS) is 22.5. The van der Waals surface area contributed by atoms with Gasteiger partial charge in [0, 0.05) is 37.4 Å². The van der Waals surface area contributed by atoms with E-state index in [0.717, 1.165) is 62.7 Å². The summed E-state index contributed by atoms with van der Waals surface area (Å²) in [6.07, 6.45) is 7.85. The fourth-order valence-electron chi connectivity index (χ4n) is 7.25. The van der Waals surface area contributed by atoms with Crippen molar-refractivity contribution in [1.29, 1.82) is 0 Å². The van der Waals surface area contributed by atoms with Crippen LogP contribution in [0.4, 0.5) is 9.18 Å². The lowest BCUT2D eigenvalue weighted by Crippen LogP contribution is -2.60. The van der Waals surface area contributed by atoms with Crippen LogP contribution in [-0.4, -0.2) is 91.3 Å². The van der Waals surface area contributed by atoms with E-state index >= 15 is 0 Å². The Morgan fingerprint density at radius 2 is 1.76 bits per heavy atom. The highest BCUT2D eigenvalue weighted by molar-refractivity contribution is 5.89. The Hall–Kier alpha value is -3.47. The molecule has 3 fully saturated rings. The van der Waals surface area contributed by atoms with Gasteiger partial charge in [0.1, 0.15) is 11.9 Å². The first kappa shape index (κ1) is 32.9. The molecule has 2 aromatic rings. The molecule has 1 aromatic carbocycles. The maximum atomic E-state index is 14.7. The van der Waals surface area contributed by atoms with E-state index in [1.807, 2.05) is 42.6 Å². The SMILES string of the molecule is C[C@@H](CN(C(=O)O)C(C)(C)C)C(=O)N[C@H](C(=O)N1C[C@H]2CCCN2C[C@H]1c1ccn(Cc2ccc(F)cc2)n1)C1CCCCC1. The van der Waals surface area contributed by atoms with Crippen molar-refractivity contribution in [3.63, 3.8) is 0 Å². The van der Waals surface area contributed by atoms with E-state index in [4.69, 9.17) is 5.10 Å². The molecule has 0 spiro atoms. The second-order valence-electron chi connectivity index (χ2n) is 14.2. The third kappa shape index (κ3) is 7.85. The highest BCUT2D eigenvalue weighted by atomic mass is 19.1. The largest absolute Gasteiger partial charge is 0.465 e. The summed E-state index contributed by atoms with van der Waals surface area (Å²) in [6, 6.07) is 7.69. The van der Waals surface area contributed by atoms with E-state index in [1.54, 1.807) is 19.1 Å². The van der Waals surface area contributed by atoms with E-state index < -0.39 is 23.6 Å². The number of carbonyl (C=O) groups is 3. The van der Waals surface area contributed by atoms with Crippen LogP contribution in [0.15, 0.2) is 36.5 Å². The maximum Gasteiger partial charge on any atom is 0.407 e. The molecule has 3 amide bonds. The predicted octanol–water partition coefficient (Wildman–Crippen LogP) is 4.90. The minimum atomic E-state index is -1.07. The van der Waals surface area contributed by atoms with Crippen LogP contribution < -0.4 is 5.32 Å². The lowest BCUT2D eigenvalue weighted by atomic mass is 9.82. The van der Waals surface area contributed by atoms with Crippen molar-refractivity contribution in [1.82, 2.24) is 29.8 Å². The number of aromatic nitrogens is 2. The number of benzene rings is 1. The lowest BCUT2D eigenvalue weighted by molar-refractivity contribution is -0.145. The number of carboxylic acid groups (broad SMARTS) is 1. The minimum absolute atomic E-state index is 0.0267. The molecule has 1 aliphatic carbocycles. The van der Waals surface area contributed by atoms with Crippen molar-refractivity contribution in [2.75, 3.05) is 26.2 Å². The first-order valence-corrected chi connectivity index (χ1v) is 16.5. The Morgan fingerprint density at radius 3 is 2.42 bits per heavy atom. The second kappa shape index (κ2) is 13.9. The molecule has 45 heavy (non-hydrogen) atoms. The van der Waals surface area contributed by atoms with E-state index in [1.165, 1.54) is 17.0 Å². The molecule has 3 aliphatic rings. The van der Waals surface area contributed by atoms with Gasteiger partial charge in [0.2, 0.25) is 11.8 Å². The van der Waals surface area contributed by atoms with Gasteiger partial charge in [-0.05, 0) is 82.7 Å². The van der Waals surface area contributed by atoms with E-state index in [-0.39, 0.29) is 42.2 Å². The van der Waals surface area contributed by atoms with Gasteiger partial charge in [0.05, 0.1) is 24.2 Å². The number of piperazine rings is 1. The highest BCUT2D eigenvalue weighted by Gasteiger charge is 2.44. The van der Waals surface area contributed by atoms with Gasteiger partial charge in [-0.2, -0.15) is 5.10 Å². The predicted molar refractivity (Wildman–Crippen MR) is 169 cm³/mol. The molecule has 5 rings (SSSR count). The molecule has 1 aromatic heterocycles. The topological polar surface area (TPSA) is 111 Å². The average Bonchev–Trinajstić information content (AvgIpc) is 3.67. The van der Waals surface area contributed by atoms with Gasteiger partial charge in [-0.1, -0.05) is 38.3 Å². The molecule has 0 bridgehead atoms. The number of amides is 3. The van der Waals surface area contributed by atoms with Crippen LogP contribution in [0.3, 0.4) is 0 Å². The highest BCUT2D eigenvalue weighted by Crippen LogP contribution is 2.35. The Kier molecular flexibility index (Phi) is 10.2. The molecule has 1 saturated carbocycles. The monoisotopic (exact) mass is 624 g/mol. The number of rotatable bonds is 9. The molecule has 2 N–H and O–H groups in total. The van der Waals surface area contributed by atoms with Gasteiger partial charge in [-0.3, -0.25) is 19.2 Å². The third-order valence-corrected chi connectivity index (χ3v) is 9.86. The van der Waals surface area contributed by atoms with Gasteiger partial charge >= 0.3 is 6.09 Å². The number of nitrogens with one attached hydrogen (secondary N) is 1. The van der Waals surface area contributed by atoms with Crippen LogP contribution >= 0.6 is 0 Å². The van der Waals surface area contributed by atoms with Crippen LogP contribution in [0.1, 0.15) is 89.9 Å². The van der Waals surface area contributed by atoms with Crippen LogP contribution in [0, 0.1) is 17.7 Å².